The molecule has 3 N–H and O–H groups in total. The monoisotopic (exact) mass is 279 g/mol. The Hall–Kier alpha value is -1.80. The molecule has 0 amide bonds. The molecule has 0 atom stereocenters. The summed E-state index contributed by atoms with van der Waals surface area (Å²) >= 11 is 2.99. The number of anilines is 1. The summed E-state index contributed by atoms with van der Waals surface area (Å²) < 4.78 is 1.97. The van der Waals surface area contributed by atoms with Crippen LogP contribution < -0.4 is 11.3 Å². The number of H-pyrrole nitrogens is 1. The number of imidazole rings is 1. The van der Waals surface area contributed by atoms with Crippen molar-refractivity contribution in [1.29, 1.82) is 0 Å². The fourth-order valence-electron chi connectivity index (χ4n) is 1.51. The van der Waals surface area contributed by atoms with Crippen LogP contribution in [0.4, 0.5) is 5.82 Å². The van der Waals surface area contributed by atoms with E-state index >= 15 is 0 Å². The van der Waals surface area contributed by atoms with Gasteiger partial charge in [-0.05, 0) is 0 Å². The van der Waals surface area contributed by atoms with E-state index in [0.29, 0.717) is 10.9 Å². The number of nitrogens with zero attached hydrogens (tertiary/aromatic N) is 3. The molecule has 0 unspecified atom stereocenters. The number of nitrogens with two attached hydrogens (primary N) is 1. The van der Waals surface area contributed by atoms with Crippen LogP contribution in [0.5, 0.6) is 0 Å². The average molecular weight is 279 g/mol. The zero-order valence-corrected chi connectivity index (χ0v) is 10.8. The molecule has 0 fully saturated rings. The summed E-state index contributed by atoms with van der Waals surface area (Å²) in [6.07, 6.45) is 3.92. The van der Waals surface area contributed by atoms with E-state index in [2.05, 4.69) is 15.0 Å². The molecule has 0 aromatic carbocycles. The van der Waals surface area contributed by atoms with E-state index in [1.807, 2.05) is 22.2 Å². The van der Waals surface area contributed by atoms with Crippen LogP contribution in [-0.4, -0.2) is 19.4 Å². The molecule has 0 bridgehead atoms. The summed E-state index contributed by atoms with van der Waals surface area (Å²) in [6, 6.07) is 1.26. The Morgan fingerprint density at radius 1 is 1.50 bits per heavy atom. The first-order chi connectivity index (χ1) is 8.70. The van der Waals surface area contributed by atoms with Crippen molar-refractivity contribution in [3.63, 3.8) is 0 Å². The first-order valence-electron chi connectivity index (χ1n) is 5.11. The highest BCUT2D eigenvalue weighted by Gasteiger charge is 2.05. The van der Waals surface area contributed by atoms with Crippen molar-refractivity contribution >= 4 is 33.9 Å². The Bertz CT molecular complexity index is 715. The highest BCUT2D eigenvalue weighted by atomic mass is 32.2. The van der Waals surface area contributed by atoms with Gasteiger partial charge in [-0.1, -0.05) is 11.8 Å². The van der Waals surface area contributed by atoms with E-state index in [-0.39, 0.29) is 11.4 Å². The highest BCUT2D eigenvalue weighted by Crippen LogP contribution is 2.20. The second-order valence-electron chi connectivity index (χ2n) is 3.59. The van der Waals surface area contributed by atoms with E-state index in [1.54, 1.807) is 11.3 Å². The lowest BCUT2D eigenvalue weighted by Gasteiger charge is -1.98. The summed E-state index contributed by atoms with van der Waals surface area (Å²) in [5, 5.41) is 2.49. The highest BCUT2D eigenvalue weighted by molar-refractivity contribution is 7.98. The maximum atomic E-state index is 11.2. The molecular weight excluding hydrogens is 270 g/mol. The first-order valence-corrected chi connectivity index (χ1v) is 6.98. The minimum atomic E-state index is -0.240. The van der Waals surface area contributed by atoms with Gasteiger partial charge in [0.15, 0.2) is 10.1 Å². The molecule has 0 saturated carbocycles. The maximum absolute atomic E-state index is 11.2. The van der Waals surface area contributed by atoms with Gasteiger partial charge in [-0.3, -0.25) is 9.20 Å². The number of nitrogen functional groups attached to an aromatic ring is 1. The standard InChI is InChI=1S/C10H9N5OS2/c11-7-3-8(16)14-9(13-7)18-5-6-4-15-1-2-17-10(15)12-6/h1-4H,5H2,(H3,11,13,14,16). The third-order valence-electron chi connectivity index (χ3n) is 2.24. The van der Waals surface area contributed by atoms with Crippen molar-refractivity contribution in [3.8, 4) is 0 Å². The van der Waals surface area contributed by atoms with Gasteiger partial charge >= 0.3 is 0 Å². The second-order valence-corrected chi connectivity index (χ2v) is 5.43. The number of aromatic amines is 1. The van der Waals surface area contributed by atoms with Gasteiger partial charge in [-0.25, -0.2) is 9.97 Å². The molecule has 8 heteroatoms. The normalized spacial score (nSPS) is 11.1. The third kappa shape index (κ3) is 2.24. The molecule has 3 aromatic rings. The zero-order chi connectivity index (χ0) is 12.5. The SMILES string of the molecule is Nc1cc(=O)[nH]c(SCc2cn3ccsc3n2)n1. The number of rotatable bonds is 3. The number of thioether (sulfide) groups is 1. The van der Waals surface area contributed by atoms with Crippen LogP contribution in [0.25, 0.3) is 4.96 Å². The minimum absolute atomic E-state index is 0.229. The lowest BCUT2D eigenvalue weighted by atomic mass is 10.6. The van der Waals surface area contributed by atoms with Crippen molar-refractivity contribution in [3.05, 3.63) is 39.9 Å². The van der Waals surface area contributed by atoms with E-state index < -0.39 is 0 Å². The predicted octanol–water partition coefficient (Wildman–Crippen LogP) is 1.35. The maximum Gasteiger partial charge on any atom is 0.253 e. The average Bonchev–Trinajstić information content (AvgIpc) is 2.84. The van der Waals surface area contributed by atoms with Gasteiger partial charge in [-0.15, -0.1) is 11.3 Å². The largest absolute Gasteiger partial charge is 0.383 e. The fraction of sp³-hybridized carbons (Fsp3) is 0.100. The Morgan fingerprint density at radius 3 is 3.17 bits per heavy atom. The van der Waals surface area contributed by atoms with E-state index in [1.165, 1.54) is 17.8 Å². The van der Waals surface area contributed by atoms with Crippen molar-refractivity contribution in [2.24, 2.45) is 0 Å². The lowest BCUT2D eigenvalue weighted by molar-refractivity contribution is 0.944. The topological polar surface area (TPSA) is 89.1 Å². The van der Waals surface area contributed by atoms with Crippen molar-refractivity contribution < 1.29 is 0 Å². The quantitative estimate of drug-likeness (QED) is 0.558. The van der Waals surface area contributed by atoms with Crippen LogP contribution >= 0.6 is 23.1 Å². The molecule has 0 aliphatic rings. The number of nitrogens with one attached hydrogen (secondary N) is 1. The van der Waals surface area contributed by atoms with E-state index in [0.717, 1.165) is 10.7 Å². The summed E-state index contributed by atoms with van der Waals surface area (Å²) in [5.41, 5.74) is 6.21. The number of aromatic nitrogens is 4. The third-order valence-corrected chi connectivity index (χ3v) is 3.92. The number of hydrogen-bond donors (Lipinski definition) is 2. The van der Waals surface area contributed by atoms with Gasteiger partial charge in [0.1, 0.15) is 5.82 Å². The molecule has 0 saturated heterocycles. The van der Waals surface area contributed by atoms with Crippen molar-refractivity contribution in [2.45, 2.75) is 10.9 Å². The van der Waals surface area contributed by atoms with Gasteiger partial charge in [0.05, 0.1) is 5.69 Å². The Labute approximate surface area is 110 Å². The molecular formula is C10H9N5OS2. The predicted molar refractivity (Wildman–Crippen MR) is 71.9 cm³/mol. The van der Waals surface area contributed by atoms with Gasteiger partial charge in [0.25, 0.3) is 5.56 Å². The summed E-state index contributed by atoms with van der Waals surface area (Å²) in [7, 11) is 0. The van der Waals surface area contributed by atoms with Crippen LogP contribution in [0.1, 0.15) is 5.69 Å². The molecule has 0 aliphatic heterocycles. The Balaban J connectivity index is 1.77. The Kier molecular flexibility index (Phi) is 2.80. The van der Waals surface area contributed by atoms with Crippen molar-refractivity contribution in [1.82, 2.24) is 19.4 Å². The number of fused-ring (bicyclic) bond motifs is 1. The molecule has 0 aliphatic carbocycles. The van der Waals surface area contributed by atoms with Crippen LogP contribution in [0.15, 0.2) is 33.8 Å². The lowest BCUT2D eigenvalue weighted by Crippen LogP contribution is -2.09. The molecule has 18 heavy (non-hydrogen) atoms. The van der Waals surface area contributed by atoms with E-state index in [9.17, 15) is 4.79 Å². The van der Waals surface area contributed by atoms with E-state index in [4.69, 9.17) is 5.73 Å². The Morgan fingerprint density at radius 2 is 2.39 bits per heavy atom. The molecule has 6 nitrogen and oxygen atoms in total. The van der Waals surface area contributed by atoms with Gasteiger partial charge in [0.2, 0.25) is 0 Å². The minimum Gasteiger partial charge on any atom is -0.383 e. The molecule has 3 rings (SSSR count). The molecule has 3 heterocycles. The van der Waals surface area contributed by atoms with Crippen LogP contribution in [-0.2, 0) is 5.75 Å². The fourth-order valence-corrected chi connectivity index (χ4v) is 2.99. The smallest absolute Gasteiger partial charge is 0.253 e. The summed E-state index contributed by atoms with van der Waals surface area (Å²) in [6.45, 7) is 0. The molecule has 3 aromatic heterocycles. The first kappa shape index (κ1) is 11.3. The molecule has 92 valence electrons. The van der Waals surface area contributed by atoms with Gasteiger partial charge in [-0.2, -0.15) is 0 Å². The van der Waals surface area contributed by atoms with Crippen LogP contribution in [0.3, 0.4) is 0 Å². The number of hydrogen-bond acceptors (Lipinski definition) is 6. The second kappa shape index (κ2) is 4.46. The number of thiazole rings is 1. The van der Waals surface area contributed by atoms with Gasteiger partial charge < -0.3 is 10.7 Å². The summed E-state index contributed by atoms with van der Waals surface area (Å²) in [5.74, 6) is 0.868. The molecule has 0 radical (unpaired) electrons. The summed E-state index contributed by atoms with van der Waals surface area (Å²) in [4.78, 5) is 23.3. The van der Waals surface area contributed by atoms with Crippen molar-refractivity contribution in [2.75, 3.05) is 5.73 Å². The van der Waals surface area contributed by atoms with Crippen LogP contribution in [0.2, 0.25) is 0 Å². The van der Waals surface area contributed by atoms with Crippen LogP contribution in [0, 0.1) is 0 Å². The molecule has 0 spiro atoms. The van der Waals surface area contributed by atoms with Gasteiger partial charge in [0, 0.05) is 29.6 Å². The zero-order valence-electron chi connectivity index (χ0n) is 9.16.